The SMILES string of the molecule is CCc1cc(C(=O)COc2ccc(C)cc2)c(O)cc1O. The third kappa shape index (κ3) is 3.54. The fourth-order valence-corrected chi connectivity index (χ4v) is 1.99. The Hall–Kier alpha value is -2.49. The molecule has 2 aromatic rings. The van der Waals surface area contributed by atoms with Crippen LogP contribution in [0.5, 0.6) is 17.2 Å². The van der Waals surface area contributed by atoms with E-state index in [1.807, 2.05) is 26.0 Å². The van der Waals surface area contributed by atoms with Crippen molar-refractivity contribution in [1.29, 1.82) is 0 Å². The zero-order chi connectivity index (χ0) is 15.4. The first kappa shape index (κ1) is 14.9. The van der Waals surface area contributed by atoms with E-state index in [0.29, 0.717) is 17.7 Å². The van der Waals surface area contributed by atoms with Crippen molar-refractivity contribution < 1.29 is 19.7 Å². The molecule has 2 aromatic carbocycles. The smallest absolute Gasteiger partial charge is 0.203 e. The summed E-state index contributed by atoms with van der Waals surface area (Å²) in [5, 5.41) is 19.4. The van der Waals surface area contributed by atoms with Crippen LogP contribution in [-0.4, -0.2) is 22.6 Å². The van der Waals surface area contributed by atoms with E-state index in [2.05, 4.69) is 0 Å². The van der Waals surface area contributed by atoms with E-state index in [1.165, 1.54) is 12.1 Å². The number of hydrogen-bond acceptors (Lipinski definition) is 4. The molecule has 0 atom stereocenters. The van der Waals surface area contributed by atoms with Crippen LogP contribution in [-0.2, 0) is 6.42 Å². The monoisotopic (exact) mass is 286 g/mol. The van der Waals surface area contributed by atoms with Crippen molar-refractivity contribution in [3.05, 3.63) is 53.1 Å². The number of ether oxygens (including phenoxy) is 1. The van der Waals surface area contributed by atoms with Gasteiger partial charge < -0.3 is 14.9 Å². The van der Waals surface area contributed by atoms with E-state index >= 15 is 0 Å². The molecule has 0 aliphatic carbocycles. The van der Waals surface area contributed by atoms with Crippen LogP contribution in [0.4, 0.5) is 0 Å². The van der Waals surface area contributed by atoms with Crippen LogP contribution < -0.4 is 4.74 Å². The van der Waals surface area contributed by atoms with Crippen molar-refractivity contribution in [2.45, 2.75) is 20.3 Å². The molecule has 0 heterocycles. The van der Waals surface area contributed by atoms with Gasteiger partial charge >= 0.3 is 0 Å². The van der Waals surface area contributed by atoms with E-state index in [-0.39, 0.29) is 29.5 Å². The second-order valence-corrected chi connectivity index (χ2v) is 4.88. The van der Waals surface area contributed by atoms with Crippen molar-refractivity contribution >= 4 is 5.78 Å². The van der Waals surface area contributed by atoms with Crippen molar-refractivity contribution in [3.8, 4) is 17.2 Å². The average molecular weight is 286 g/mol. The maximum Gasteiger partial charge on any atom is 0.203 e. The number of aryl methyl sites for hydroxylation is 2. The lowest BCUT2D eigenvalue weighted by Crippen LogP contribution is -2.12. The molecule has 0 unspecified atom stereocenters. The van der Waals surface area contributed by atoms with Gasteiger partial charge in [0.25, 0.3) is 0 Å². The summed E-state index contributed by atoms with van der Waals surface area (Å²) in [6.45, 7) is 3.67. The summed E-state index contributed by atoms with van der Waals surface area (Å²) in [7, 11) is 0. The standard InChI is InChI=1S/C17H18O4/c1-3-12-8-14(16(19)9-15(12)18)17(20)10-21-13-6-4-11(2)5-7-13/h4-9,18-19H,3,10H2,1-2H3. The Bertz CT molecular complexity index is 645. The second kappa shape index (κ2) is 6.31. The summed E-state index contributed by atoms with van der Waals surface area (Å²) in [6, 6.07) is 10.1. The number of carbonyl (C=O) groups excluding carboxylic acids is 1. The van der Waals surface area contributed by atoms with Gasteiger partial charge in [0, 0.05) is 6.07 Å². The molecule has 0 saturated heterocycles. The maximum atomic E-state index is 12.1. The summed E-state index contributed by atoms with van der Waals surface area (Å²) >= 11 is 0. The molecule has 2 rings (SSSR count). The summed E-state index contributed by atoms with van der Waals surface area (Å²) in [4.78, 5) is 12.1. The zero-order valence-corrected chi connectivity index (χ0v) is 12.1. The van der Waals surface area contributed by atoms with E-state index in [0.717, 1.165) is 5.56 Å². The molecule has 0 amide bonds. The Labute approximate surface area is 123 Å². The summed E-state index contributed by atoms with van der Waals surface area (Å²) in [5.41, 5.74) is 1.89. The molecule has 0 saturated carbocycles. The van der Waals surface area contributed by atoms with Crippen LogP contribution in [0.1, 0.15) is 28.4 Å². The highest BCUT2D eigenvalue weighted by Crippen LogP contribution is 2.28. The van der Waals surface area contributed by atoms with Gasteiger partial charge in [-0.1, -0.05) is 24.6 Å². The topological polar surface area (TPSA) is 66.8 Å². The fourth-order valence-electron chi connectivity index (χ4n) is 1.99. The number of phenolic OH excluding ortho intramolecular Hbond substituents is 2. The van der Waals surface area contributed by atoms with Crippen molar-refractivity contribution in [2.75, 3.05) is 6.61 Å². The molecule has 0 fully saturated rings. The van der Waals surface area contributed by atoms with Gasteiger partial charge in [0.1, 0.15) is 17.2 Å². The van der Waals surface area contributed by atoms with Gasteiger partial charge in [-0.3, -0.25) is 4.79 Å². The molecule has 110 valence electrons. The Morgan fingerprint density at radius 3 is 2.38 bits per heavy atom. The number of hydrogen-bond donors (Lipinski definition) is 2. The van der Waals surface area contributed by atoms with Gasteiger partial charge in [-0.2, -0.15) is 0 Å². The van der Waals surface area contributed by atoms with Crippen molar-refractivity contribution in [2.24, 2.45) is 0 Å². The minimum atomic E-state index is -0.331. The Balaban J connectivity index is 2.11. The second-order valence-electron chi connectivity index (χ2n) is 4.88. The number of carbonyl (C=O) groups is 1. The molecule has 0 radical (unpaired) electrons. The van der Waals surface area contributed by atoms with E-state index in [4.69, 9.17) is 4.74 Å². The molecule has 0 bridgehead atoms. The Morgan fingerprint density at radius 1 is 1.10 bits per heavy atom. The first-order valence-corrected chi connectivity index (χ1v) is 6.78. The lowest BCUT2D eigenvalue weighted by molar-refractivity contribution is 0.0918. The molecule has 21 heavy (non-hydrogen) atoms. The number of rotatable bonds is 5. The predicted molar refractivity (Wildman–Crippen MR) is 80.2 cm³/mol. The number of Topliss-reactive ketones (excluding diaryl/α,β-unsaturated/α-hetero) is 1. The van der Waals surface area contributed by atoms with Gasteiger partial charge in [-0.25, -0.2) is 0 Å². The lowest BCUT2D eigenvalue weighted by atomic mass is 10.0. The molecule has 0 aliphatic heterocycles. The van der Waals surface area contributed by atoms with Crippen LogP contribution in [0.3, 0.4) is 0 Å². The third-order valence-corrected chi connectivity index (χ3v) is 3.27. The predicted octanol–water partition coefficient (Wildman–Crippen LogP) is 3.23. The van der Waals surface area contributed by atoms with E-state index < -0.39 is 0 Å². The molecular weight excluding hydrogens is 268 g/mol. The summed E-state index contributed by atoms with van der Waals surface area (Å²) < 4.78 is 5.41. The molecule has 0 spiro atoms. The molecule has 4 heteroatoms. The molecule has 2 N–H and O–H groups in total. The first-order valence-electron chi connectivity index (χ1n) is 6.78. The number of aromatic hydroxyl groups is 2. The zero-order valence-electron chi connectivity index (χ0n) is 12.1. The normalized spacial score (nSPS) is 10.4. The van der Waals surface area contributed by atoms with Crippen molar-refractivity contribution in [3.63, 3.8) is 0 Å². The Morgan fingerprint density at radius 2 is 1.76 bits per heavy atom. The summed E-state index contributed by atoms with van der Waals surface area (Å²) in [5.74, 6) is 0.0268. The van der Waals surface area contributed by atoms with E-state index in [9.17, 15) is 15.0 Å². The van der Waals surface area contributed by atoms with Gasteiger partial charge in [-0.05, 0) is 37.1 Å². The van der Waals surface area contributed by atoms with Crippen molar-refractivity contribution in [1.82, 2.24) is 0 Å². The quantitative estimate of drug-likeness (QED) is 0.828. The molecule has 4 nitrogen and oxygen atoms in total. The van der Waals surface area contributed by atoms with Gasteiger partial charge in [0.05, 0.1) is 5.56 Å². The van der Waals surface area contributed by atoms with E-state index in [1.54, 1.807) is 12.1 Å². The van der Waals surface area contributed by atoms with Gasteiger partial charge in [-0.15, -0.1) is 0 Å². The minimum absolute atomic E-state index is 0.00833. The number of benzene rings is 2. The molecule has 0 aromatic heterocycles. The highest BCUT2D eigenvalue weighted by atomic mass is 16.5. The van der Waals surface area contributed by atoms with Gasteiger partial charge in [0.2, 0.25) is 5.78 Å². The third-order valence-electron chi connectivity index (χ3n) is 3.27. The summed E-state index contributed by atoms with van der Waals surface area (Å²) in [6.07, 6.45) is 0.575. The largest absolute Gasteiger partial charge is 0.508 e. The fraction of sp³-hybridized carbons (Fsp3) is 0.235. The first-order chi connectivity index (χ1) is 10.0. The van der Waals surface area contributed by atoms with Crippen LogP contribution in [0.2, 0.25) is 0 Å². The molecular formula is C17H18O4. The lowest BCUT2D eigenvalue weighted by Gasteiger charge is -2.09. The van der Waals surface area contributed by atoms with Gasteiger partial charge in [0.15, 0.2) is 6.61 Å². The van der Waals surface area contributed by atoms with Crippen LogP contribution in [0.25, 0.3) is 0 Å². The minimum Gasteiger partial charge on any atom is -0.508 e. The Kier molecular flexibility index (Phi) is 4.48. The van der Waals surface area contributed by atoms with Crippen LogP contribution in [0, 0.1) is 6.92 Å². The number of phenols is 2. The number of ketones is 1. The maximum absolute atomic E-state index is 12.1. The average Bonchev–Trinajstić information content (AvgIpc) is 2.46. The van der Waals surface area contributed by atoms with Crippen LogP contribution >= 0.6 is 0 Å². The highest BCUT2D eigenvalue weighted by molar-refractivity contribution is 6.00. The molecule has 0 aliphatic rings. The van der Waals surface area contributed by atoms with Crippen LogP contribution in [0.15, 0.2) is 36.4 Å². The highest BCUT2D eigenvalue weighted by Gasteiger charge is 2.15.